The highest BCUT2D eigenvalue weighted by Crippen LogP contribution is 2.22. The van der Waals surface area contributed by atoms with Crippen LogP contribution >= 0.6 is 11.6 Å². The van der Waals surface area contributed by atoms with Gasteiger partial charge in [-0.3, -0.25) is 4.79 Å². The topological polar surface area (TPSA) is 69.6 Å². The first-order valence-corrected chi connectivity index (χ1v) is 5.65. The van der Waals surface area contributed by atoms with Gasteiger partial charge in [0.2, 0.25) is 0 Å². The molecule has 2 N–H and O–H groups in total. The molecule has 0 saturated heterocycles. The van der Waals surface area contributed by atoms with E-state index < -0.39 is 24.4 Å². The molecule has 19 heavy (non-hydrogen) atoms. The molecule has 1 aromatic rings. The van der Waals surface area contributed by atoms with Crippen molar-refractivity contribution in [1.29, 1.82) is 0 Å². The molecule has 0 bridgehead atoms. The van der Waals surface area contributed by atoms with E-state index in [4.69, 9.17) is 16.7 Å². The van der Waals surface area contributed by atoms with Crippen LogP contribution < -0.4 is 5.32 Å². The molecule has 0 heterocycles. The number of carbonyl (C=O) groups is 2. The Hall–Kier alpha value is -2.08. The summed E-state index contributed by atoms with van der Waals surface area (Å²) in [7, 11) is 0. The molecule has 0 saturated carbocycles. The molecule has 0 atom stereocenters. The minimum atomic E-state index is -1.16. The van der Waals surface area contributed by atoms with E-state index in [2.05, 4.69) is 11.9 Å². The number of amides is 2. The first-order chi connectivity index (χ1) is 8.93. The zero-order valence-electron chi connectivity index (χ0n) is 9.90. The quantitative estimate of drug-likeness (QED) is 0.817. The number of rotatable bonds is 5. The molecule has 0 aliphatic carbocycles. The summed E-state index contributed by atoms with van der Waals surface area (Å²) in [6.45, 7) is 2.98. The van der Waals surface area contributed by atoms with Gasteiger partial charge in [-0.2, -0.15) is 0 Å². The Morgan fingerprint density at radius 3 is 2.79 bits per heavy atom. The number of halogens is 2. The minimum Gasteiger partial charge on any atom is -0.480 e. The Kier molecular flexibility index (Phi) is 5.32. The number of carboxylic acids is 1. The Morgan fingerprint density at radius 1 is 1.53 bits per heavy atom. The minimum absolute atomic E-state index is 0.0467. The number of hydrogen-bond acceptors (Lipinski definition) is 2. The summed E-state index contributed by atoms with van der Waals surface area (Å²) in [5.41, 5.74) is 0.0751. The van der Waals surface area contributed by atoms with Gasteiger partial charge in [0.05, 0.1) is 10.7 Å². The number of nitrogens with one attached hydrogen (secondary N) is 1. The maximum Gasteiger partial charge on any atom is 0.323 e. The van der Waals surface area contributed by atoms with E-state index in [1.54, 1.807) is 0 Å². The largest absolute Gasteiger partial charge is 0.480 e. The predicted octanol–water partition coefficient (Wildman–Crippen LogP) is 2.58. The smallest absolute Gasteiger partial charge is 0.323 e. The number of aliphatic carboxylic acids is 1. The van der Waals surface area contributed by atoms with Crippen molar-refractivity contribution in [3.8, 4) is 0 Å². The highest BCUT2D eigenvalue weighted by molar-refractivity contribution is 6.33. The van der Waals surface area contributed by atoms with E-state index in [1.807, 2.05) is 0 Å². The summed E-state index contributed by atoms with van der Waals surface area (Å²) in [4.78, 5) is 23.4. The SMILES string of the molecule is C=CCN(CC(=O)O)C(=O)Nc1cc(F)ccc1Cl. The van der Waals surface area contributed by atoms with Crippen LogP contribution in [-0.2, 0) is 4.79 Å². The van der Waals surface area contributed by atoms with Crippen LogP contribution in [0, 0.1) is 5.82 Å². The Balaban J connectivity index is 2.83. The molecule has 102 valence electrons. The molecule has 0 aliphatic rings. The van der Waals surface area contributed by atoms with Crippen LogP contribution in [0.2, 0.25) is 5.02 Å². The number of anilines is 1. The fourth-order valence-electron chi connectivity index (χ4n) is 1.33. The summed E-state index contributed by atoms with van der Waals surface area (Å²) in [5, 5.41) is 11.2. The summed E-state index contributed by atoms with van der Waals surface area (Å²) in [6.07, 6.45) is 1.38. The van der Waals surface area contributed by atoms with Gasteiger partial charge in [0.25, 0.3) is 0 Å². The van der Waals surface area contributed by atoms with Gasteiger partial charge in [-0.05, 0) is 18.2 Å². The maximum absolute atomic E-state index is 13.0. The van der Waals surface area contributed by atoms with Crippen molar-refractivity contribution in [2.24, 2.45) is 0 Å². The Bertz CT molecular complexity index is 508. The van der Waals surface area contributed by atoms with Gasteiger partial charge in [0.1, 0.15) is 12.4 Å². The summed E-state index contributed by atoms with van der Waals surface area (Å²) < 4.78 is 13.0. The van der Waals surface area contributed by atoms with Crippen LogP contribution in [0.1, 0.15) is 0 Å². The molecular formula is C12H12ClFN2O3. The van der Waals surface area contributed by atoms with Crippen molar-refractivity contribution in [3.05, 3.63) is 41.7 Å². The van der Waals surface area contributed by atoms with E-state index in [9.17, 15) is 14.0 Å². The van der Waals surface area contributed by atoms with Crippen LogP contribution in [0.25, 0.3) is 0 Å². The van der Waals surface area contributed by atoms with Crippen LogP contribution in [-0.4, -0.2) is 35.1 Å². The molecule has 1 aromatic carbocycles. The van der Waals surface area contributed by atoms with Crippen LogP contribution in [0.3, 0.4) is 0 Å². The first kappa shape index (κ1) is 15.0. The number of carboxylic acid groups (broad SMARTS) is 1. The molecule has 2 amide bonds. The number of hydrogen-bond donors (Lipinski definition) is 2. The fraction of sp³-hybridized carbons (Fsp3) is 0.167. The lowest BCUT2D eigenvalue weighted by atomic mass is 10.3. The lowest BCUT2D eigenvalue weighted by Gasteiger charge is -2.19. The van der Waals surface area contributed by atoms with Crippen molar-refractivity contribution in [3.63, 3.8) is 0 Å². The highest BCUT2D eigenvalue weighted by atomic mass is 35.5. The van der Waals surface area contributed by atoms with Crippen molar-refractivity contribution in [1.82, 2.24) is 4.90 Å². The maximum atomic E-state index is 13.0. The molecule has 0 aromatic heterocycles. The van der Waals surface area contributed by atoms with Gasteiger partial charge in [0, 0.05) is 6.54 Å². The molecule has 7 heteroatoms. The third-order valence-electron chi connectivity index (χ3n) is 2.13. The lowest BCUT2D eigenvalue weighted by molar-refractivity contribution is -0.137. The van der Waals surface area contributed by atoms with Gasteiger partial charge >= 0.3 is 12.0 Å². The third kappa shape index (κ3) is 4.59. The average Bonchev–Trinajstić information content (AvgIpc) is 2.32. The summed E-state index contributed by atoms with van der Waals surface area (Å²) >= 11 is 5.79. The number of nitrogens with zero attached hydrogens (tertiary/aromatic N) is 1. The van der Waals surface area contributed by atoms with Crippen LogP contribution in [0.15, 0.2) is 30.9 Å². The highest BCUT2D eigenvalue weighted by Gasteiger charge is 2.16. The van der Waals surface area contributed by atoms with Gasteiger partial charge in [-0.1, -0.05) is 17.7 Å². The van der Waals surface area contributed by atoms with Crippen molar-refractivity contribution in [2.45, 2.75) is 0 Å². The third-order valence-corrected chi connectivity index (χ3v) is 2.46. The molecule has 1 rings (SSSR count). The standard InChI is InChI=1S/C12H12ClFN2O3/c1-2-5-16(7-11(17)18)12(19)15-10-6-8(14)3-4-9(10)13/h2-4,6H,1,5,7H2,(H,15,19)(H,17,18). The second-order valence-electron chi connectivity index (χ2n) is 3.62. The van der Waals surface area contributed by atoms with Gasteiger partial charge in [-0.25, -0.2) is 9.18 Å². The molecular weight excluding hydrogens is 275 g/mol. The molecule has 0 fully saturated rings. The number of urea groups is 1. The van der Waals surface area contributed by atoms with Gasteiger partial charge in [-0.15, -0.1) is 6.58 Å². The van der Waals surface area contributed by atoms with E-state index >= 15 is 0 Å². The van der Waals surface area contributed by atoms with Gasteiger partial charge < -0.3 is 15.3 Å². The van der Waals surface area contributed by atoms with Crippen molar-refractivity contribution >= 4 is 29.3 Å². The number of benzene rings is 1. The van der Waals surface area contributed by atoms with E-state index in [0.717, 1.165) is 17.0 Å². The van der Waals surface area contributed by atoms with Gasteiger partial charge in [0.15, 0.2) is 0 Å². The molecule has 5 nitrogen and oxygen atoms in total. The first-order valence-electron chi connectivity index (χ1n) is 5.27. The van der Waals surface area contributed by atoms with Crippen LogP contribution in [0.4, 0.5) is 14.9 Å². The molecule has 0 aliphatic heterocycles. The normalized spacial score (nSPS) is 9.79. The van der Waals surface area contributed by atoms with E-state index in [1.165, 1.54) is 12.1 Å². The van der Waals surface area contributed by atoms with E-state index in [-0.39, 0.29) is 17.3 Å². The zero-order valence-corrected chi connectivity index (χ0v) is 10.7. The predicted molar refractivity (Wildman–Crippen MR) is 69.8 cm³/mol. The average molecular weight is 287 g/mol. The second-order valence-corrected chi connectivity index (χ2v) is 4.02. The second kappa shape index (κ2) is 6.75. The number of carbonyl (C=O) groups excluding carboxylic acids is 1. The Morgan fingerprint density at radius 2 is 2.21 bits per heavy atom. The monoisotopic (exact) mass is 286 g/mol. The summed E-state index contributed by atoms with van der Waals surface area (Å²) in [5.74, 6) is -1.73. The van der Waals surface area contributed by atoms with E-state index in [0.29, 0.717) is 0 Å². The molecule has 0 spiro atoms. The molecule has 0 unspecified atom stereocenters. The lowest BCUT2D eigenvalue weighted by Crippen LogP contribution is -2.38. The van der Waals surface area contributed by atoms with Crippen molar-refractivity contribution in [2.75, 3.05) is 18.4 Å². The summed E-state index contributed by atoms with van der Waals surface area (Å²) in [6, 6.07) is 2.79. The fourth-order valence-corrected chi connectivity index (χ4v) is 1.49. The van der Waals surface area contributed by atoms with Crippen LogP contribution in [0.5, 0.6) is 0 Å². The molecule has 0 radical (unpaired) electrons. The van der Waals surface area contributed by atoms with Crippen molar-refractivity contribution < 1.29 is 19.1 Å². The Labute approximate surface area is 114 Å². The zero-order chi connectivity index (χ0) is 14.4.